The van der Waals surface area contributed by atoms with Gasteiger partial charge in [0.1, 0.15) is 0 Å². The van der Waals surface area contributed by atoms with Gasteiger partial charge >= 0.3 is 34.2 Å². The van der Waals surface area contributed by atoms with E-state index < -0.39 is 101 Å². The number of benzene rings is 4. The van der Waals surface area contributed by atoms with Crippen molar-refractivity contribution in [1.82, 2.24) is 0 Å². The molecule has 2 heterocycles. The molecule has 0 saturated heterocycles. The van der Waals surface area contributed by atoms with Gasteiger partial charge in [0.15, 0.2) is 66.5 Å². The number of thiophene rings is 2. The minimum atomic E-state index is -2.30. The van der Waals surface area contributed by atoms with Gasteiger partial charge in [-0.2, -0.15) is 0 Å². The van der Waals surface area contributed by atoms with Gasteiger partial charge in [-0.1, -0.05) is 98.5 Å². The lowest BCUT2D eigenvalue weighted by Gasteiger charge is -2.39. The SMILES string of the molecule is C[Si](C)(C)O[Si](C)(C)O[Si](C)(C)CCCC1(CCC[Si](C)(C)O[Si](C)(C)O[Si](C)(C)C)c2ccccc2-c2ccc(-c3ccc(-c4ccc(-c5ccc6c(c5)C(CCC[Si](C)(C)O[Si](C)(C)O[Si](C)(C)C)(CCC[Si](C)(C)O[Si](C)(C)O[Si](C)(C)C)c5ccccc5-6)s4)s3)cc21. The molecule has 0 radical (unpaired) electrons. The Morgan fingerprint density at radius 3 is 0.760 bits per heavy atom. The van der Waals surface area contributed by atoms with Crippen LogP contribution in [0.5, 0.6) is 0 Å². The lowest BCUT2D eigenvalue weighted by molar-refractivity contribution is 0.379. The molecule has 0 saturated carbocycles. The number of rotatable bonds is 35. The van der Waals surface area contributed by atoms with Crippen molar-refractivity contribution in [1.29, 1.82) is 0 Å². The molecule has 0 bridgehead atoms. The molecular weight excluding hydrogens is 1420 g/mol. The van der Waals surface area contributed by atoms with Gasteiger partial charge in [-0.15, -0.1) is 22.7 Å². The molecular formula is C74H126O8S2Si12. The average molecular weight is 1540 g/mol. The molecule has 4 aromatic carbocycles. The fraction of sp³-hybridized carbons (Fsp3) is 0.568. The first kappa shape index (κ1) is 80.3. The quantitative estimate of drug-likeness (QED) is 0.0365. The van der Waals surface area contributed by atoms with Crippen molar-refractivity contribution >= 4 is 123 Å². The van der Waals surface area contributed by atoms with Crippen LogP contribution in [0, 0.1) is 0 Å². The van der Waals surface area contributed by atoms with Crippen molar-refractivity contribution in [2.24, 2.45) is 0 Å². The minimum Gasteiger partial charge on any atom is -0.437 e. The molecule has 8 nitrogen and oxygen atoms in total. The highest BCUT2D eigenvalue weighted by atomic mass is 32.1. The molecule has 6 aromatic rings. The van der Waals surface area contributed by atoms with Crippen LogP contribution in [0.3, 0.4) is 0 Å². The molecule has 0 amide bonds. The minimum absolute atomic E-state index is 0.139. The molecule has 96 heavy (non-hydrogen) atoms. The maximum absolute atomic E-state index is 7.18. The number of hydrogen-bond donors (Lipinski definition) is 0. The molecule has 2 aliphatic carbocycles. The summed E-state index contributed by atoms with van der Waals surface area (Å²) in [6.45, 7) is 65.2. The summed E-state index contributed by atoms with van der Waals surface area (Å²) >= 11 is 3.88. The Bertz CT molecular complexity index is 3310. The van der Waals surface area contributed by atoms with Crippen molar-refractivity contribution in [2.75, 3.05) is 0 Å². The van der Waals surface area contributed by atoms with Crippen LogP contribution >= 0.6 is 22.7 Å². The van der Waals surface area contributed by atoms with E-state index in [0.717, 1.165) is 75.5 Å². The summed E-state index contributed by atoms with van der Waals surface area (Å²) in [5, 5.41) is 0. The lowest BCUT2D eigenvalue weighted by Crippen LogP contribution is -2.51. The Kier molecular flexibility index (Phi) is 24.7. The van der Waals surface area contributed by atoms with Crippen LogP contribution in [-0.2, 0) is 43.8 Å². The maximum Gasteiger partial charge on any atom is 0.311 e. The summed E-state index contributed by atoms with van der Waals surface area (Å²) in [6, 6.07) is 47.6. The molecule has 2 aromatic heterocycles. The molecule has 0 fully saturated rings. The number of fused-ring (bicyclic) bond motifs is 6. The van der Waals surface area contributed by atoms with E-state index in [1.165, 1.54) is 75.1 Å². The third-order valence-electron chi connectivity index (χ3n) is 18.4. The molecule has 0 N–H and O–H groups in total. The molecule has 530 valence electrons. The second-order valence-corrected chi connectivity index (χ2v) is 89.3. The van der Waals surface area contributed by atoms with Gasteiger partial charge in [-0.25, -0.2) is 0 Å². The van der Waals surface area contributed by atoms with Crippen molar-refractivity contribution in [2.45, 2.75) is 270 Å². The first-order valence-corrected chi connectivity index (χ1v) is 75.1. The molecule has 0 unspecified atom stereocenters. The Morgan fingerprint density at radius 1 is 0.260 bits per heavy atom. The largest absolute Gasteiger partial charge is 0.437 e. The van der Waals surface area contributed by atoms with Crippen molar-refractivity contribution in [3.05, 3.63) is 131 Å². The van der Waals surface area contributed by atoms with E-state index in [9.17, 15) is 0 Å². The second kappa shape index (κ2) is 29.6. The first-order valence-electron chi connectivity index (χ1n) is 36.1. The van der Waals surface area contributed by atoms with Crippen LogP contribution in [0.1, 0.15) is 73.6 Å². The van der Waals surface area contributed by atoms with E-state index in [4.69, 9.17) is 32.9 Å². The summed E-state index contributed by atoms with van der Waals surface area (Å²) in [5.74, 6) is 0. The van der Waals surface area contributed by atoms with Gasteiger partial charge in [0.25, 0.3) is 0 Å². The molecule has 0 spiro atoms. The summed E-state index contributed by atoms with van der Waals surface area (Å²) in [5.41, 5.74) is 13.9. The van der Waals surface area contributed by atoms with Crippen molar-refractivity contribution in [3.8, 4) is 52.9 Å². The Morgan fingerprint density at radius 2 is 0.500 bits per heavy atom. The molecule has 2 aliphatic rings. The van der Waals surface area contributed by atoms with E-state index in [-0.39, 0.29) is 10.8 Å². The van der Waals surface area contributed by atoms with Crippen LogP contribution in [0.25, 0.3) is 52.9 Å². The molecule has 0 aliphatic heterocycles. The van der Waals surface area contributed by atoms with E-state index in [1.807, 2.05) is 22.7 Å². The van der Waals surface area contributed by atoms with Crippen LogP contribution in [0.15, 0.2) is 109 Å². The van der Waals surface area contributed by atoms with Crippen molar-refractivity contribution in [3.63, 3.8) is 0 Å². The zero-order chi connectivity index (χ0) is 71.4. The monoisotopic (exact) mass is 1540 g/mol. The Labute approximate surface area is 605 Å². The third-order valence-corrected chi connectivity index (χ3v) is 61.5. The fourth-order valence-electron chi connectivity index (χ4n) is 17.0. The number of hydrogen-bond acceptors (Lipinski definition) is 10. The van der Waals surface area contributed by atoms with Gasteiger partial charge < -0.3 is 32.9 Å². The topological polar surface area (TPSA) is 73.8 Å². The normalized spacial score (nSPS) is 15.7. The van der Waals surface area contributed by atoms with Gasteiger partial charge in [0, 0.05) is 30.3 Å². The van der Waals surface area contributed by atoms with E-state index in [1.54, 1.807) is 0 Å². The smallest absolute Gasteiger partial charge is 0.311 e. The van der Waals surface area contributed by atoms with Gasteiger partial charge in [-0.05, 0) is 325 Å². The van der Waals surface area contributed by atoms with Crippen LogP contribution in [0.4, 0.5) is 0 Å². The van der Waals surface area contributed by atoms with E-state index in [0.29, 0.717) is 0 Å². The fourth-order valence-corrected chi connectivity index (χ4v) is 71.9. The standard InChI is InChI=1S/C74H126O8S2Si12/c1-85(2,3)75-93(21,22)79-89(13,14)53-33-49-73(50-34-54-90(15,16)80-94(23,24)76-86(4,5)6)65-39-31-29-37-61(65)63-43-41-59(57-67(63)73)69-45-47-71(83-69)72-48-46-70(84-72)60-42-44-64-62-38-30-32-40-66(62)74(68(64)58-60,51-35-55-91(17,18)81-95(25,26)77-87(7,8)9)52-36-56-92(19,20)82-96(27,28)78-88(10,11)12/h29-32,37-48,57-58H,33-36,49-56H2,1-28H3. The maximum atomic E-state index is 7.18. The third kappa shape index (κ3) is 21.8. The molecule has 22 heteroatoms. The van der Waals surface area contributed by atoms with Gasteiger partial charge in [0.05, 0.1) is 0 Å². The highest BCUT2D eigenvalue weighted by Gasteiger charge is 2.48. The zero-order valence-electron chi connectivity index (χ0n) is 65.0. The highest BCUT2D eigenvalue weighted by molar-refractivity contribution is 7.25. The van der Waals surface area contributed by atoms with Crippen LogP contribution in [-0.4, -0.2) is 101 Å². The van der Waals surface area contributed by atoms with Gasteiger partial charge in [-0.3, -0.25) is 0 Å². The molecule has 0 atom stereocenters. The zero-order valence-corrected chi connectivity index (χ0v) is 78.6. The van der Waals surface area contributed by atoms with Crippen molar-refractivity contribution < 1.29 is 32.9 Å². The first-order chi connectivity index (χ1) is 43.8. The Hall–Kier alpha value is -1.44. The molecule has 8 rings (SSSR count). The van der Waals surface area contributed by atoms with E-state index in [2.05, 4.69) is 293 Å². The summed E-state index contributed by atoms with van der Waals surface area (Å²) in [7, 11) is -24.6. The van der Waals surface area contributed by atoms with Gasteiger partial charge in [0.2, 0.25) is 0 Å². The summed E-state index contributed by atoms with van der Waals surface area (Å²) in [6.07, 6.45) is 8.73. The highest BCUT2D eigenvalue weighted by Crippen LogP contribution is 2.58. The summed E-state index contributed by atoms with van der Waals surface area (Å²) in [4.78, 5) is 5.27. The van der Waals surface area contributed by atoms with Crippen LogP contribution < -0.4 is 0 Å². The second-order valence-electron chi connectivity index (χ2n) is 36.4. The van der Waals surface area contributed by atoms with E-state index >= 15 is 0 Å². The summed E-state index contributed by atoms with van der Waals surface area (Å²) < 4.78 is 55.9. The lowest BCUT2D eigenvalue weighted by atomic mass is 9.71. The average Bonchev–Trinajstić information content (AvgIpc) is 1.57. The van der Waals surface area contributed by atoms with Crippen LogP contribution in [0.2, 0.25) is 207 Å². The predicted molar refractivity (Wildman–Crippen MR) is 449 cm³/mol. The Balaban J connectivity index is 1.11. The predicted octanol–water partition coefficient (Wildman–Crippen LogP) is 25.6.